The average Bonchev–Trinajstić information content (AvgIpc) is 3.53. The predicted molar refractivity (Wildman–Crippen MR) is 315 cm³/mol. The van der Waals surface area contributed by atoms with E-state index in [1.54, 1.807) is 0 Å². The summed E-state index contributed by atoms with van der Waals surface area (Å²) in [6.07, 6.45) is 0. The van der Waals surface area contributed by atoms with Crippen LogP contribution in [0.1, 0.15) is 0 Å². The number of hydrogen-bond donors (Lipinski definition) is 0. The van der Waals surface area contributed by atoms with Crippen molar-refractivity contribution in [1.82, 2.24) is 0 Å². The summed E-state index contributed by atoms with van der Waals surface area (Å²) in [7, 11) is -7.98. The van der Waals surface area contributed by atoms with Crippen molar-refractivity contribution in [3.8, 4) is 0 Å². The zero-order valence-corrected chi connectivity index (χ0v) is 42.4. The van der Waals surface area contributed by atoms with Gasteiger partial charge in [0.05, 0.1) is 100 Å². The van der Waals surface area contributed by atoms with Crippen molar-refractivity contribution in [3.63, 3.8) is 0 Å². The minimum atomic E-state index is -3.99. The van der Waals surface area contributed by atoms with Crippen LogP contribution in [0.15, 0.2) is 255 Å². The van der Waals surface area contributed by atoms with Crippen LogP contribution < -0.4 is 61.2 Å². The van der Waals surface area contributed by atoms with Crippen molar-refractivity contribution in [3.05, 3.63) is 255 Å². The molecular weight excluding hydrogens is 971 g/mol. The van der Waals surface area contributed by atoms with Crippen molar-refractivity contribution in [2.24, 2.45) is 0 Å². The molecule has 0 atom stereocenters. The van der Waals surface area contributed by atoms with Crippen LogP contribution in [0.4, 0.5) is 102 Å². The lowest BCUT2D eigenvalue weighted by Gasteiger charge is -2.55. The highest BCUT2D eigenvalue weighted by Gasteiger charge is 2.62. The van der Waals surface area contributed by atoms with Gasteiger partial charge >= 0.3 is 0 Å². The first-order valence-corrected chi connectivity index (χ1v) is 29.1. The summed E-state index contributed by atoms with van der Waals surface area (Å²) in [5.41, 5.74) is 15.2. The van der Waals surface area contributed by atoms with Crippen molar-refractivity contribution in [1.29, 1.82) is 0 Å². The second-order valence-electron chi connectivity index (χ2n) is 19.9. The zero-order chi connectivity index (χ0) is 50.0. The molecule has 0 amide bonds. The fourth-order valence-electron chi connectivity index (χ4n) is 13.4. The molecule has 10 heteroatoms. The largest absolute Gasteiger partial charge is 0.309 e. The quantitative estimate of drug-likeness (QED) is 0.153. The molecule has 0 spiro atoms. The molecule has 0 fully saturated rings. The number of para-hydroxylation sites is 6. The first-order chi connectivity index (χ1) is 37.6. The summed E-state index contributed by atoms with van der Waals surface area (Å²) in [6.45, 7) is 0. The van der Waals surface area contributed by atoms with Crippen LogP contribution in [0.5, 0.6) is 0 Å². The van der Waals surface area contributed by atoms with Gasteiger partial charge in [0, 0.05) is 34.1 Å². The number of rotatable bonds is 6. The fourth-order valence-corrected chi connectivity index (χ4v) is 20.8. The summed E-state index contributed by atoms with van der Waals surface area (Å²) < 4.78 is 37.4. The lowest BCUT2D eigenvalue weighted by atomic mass is 10.0. The average molecular weight is 1010 g/mol. The van der Waals surface area contributed by atoms with E-state index < -0.39 is 14.3 Å². The van der Waals surface area contributed by atoms with E-state index in [0.717, 1.165) is 124 Å². The standard InChI is InChI=1S/C66H42N6O2P2/c73-75-61-49-35-19-39-53(61)69(45-27-11-3-12-28-45)57-59-66-60(58(65(57)75)70(46-29-13-4-14-30-46)54-40-20-36-50(62(54)75)67(49)43-23-7-1-8-24-43)72(48-33-17-6-18-34-48)56-42-22-38-52-64(56)76(66,74)63-51(68(52)44-25-9-2-10-26-44)37-21-41-55(63)71(59)47-31-15-5-16-32-47/h1-42H. The Kier molecular flexibility index (Phi) is 8.39. The molecule has 6 heterocycles. The number of hydrogen-bond acceptors (Lipinski definition) is 8. The molecule has 6 aliphatic rings. The molecule has 17 rings (SSSR count). The van der Waals surface area contributed by atoms with E-state index in [9.17, 15) is 0 Å². The number of anilines is 18. The SMILES string of the molecule is O=P12c3c4cccc3N(c3ccccc3)c3c5c6c(c(c31)N(c1ccccc1)c1cccc(c12)N4c1ccccc1)N(c1ccccc1)c1cccc2c1P6(=O)c1c(cccc1N5c1ccccc1)N2c1ccccc1. The second kappa shape index (κ2) is 15.1. The zero-order valence-electron chi connectivity index (χ0n) is 40.6. The van der Waals surface area contributed by atoms with Gasteiger partial charge in [0.1, 0.15) is 0 Å². The minimum Gasteiger partial charge on any atom is -0.309 e. The second-order valence-corrected chi connectivity index (χ2v) is 25.0. The highest BCUT2D eigenvalue weighted by Crippen LogP contribution is 2.75. The molecule has 0 aromatic heterocycles. The monoisotopic (exact) mass is 1010 g/mol. The Morgan fingerprint density at radius 2 is 0.355 bits per heavy atom. The lowest BCUT2D eigenvalue weighted by Crippen LogP contribution is -2.53. The molecule has 6 aliphatic heterocycles. The van der Waals surface area contributed by atoms with Crippen LogP contribution >= 0.6 is 14.3 Å². The predicted octanol–water partition coefficient (Wildman–Crippen LogP) is 15.7. The van der Waals surface area contributed by atoms with E-state index in [0.29, 0.717) is 10.6 Å². The van der Waals surface area contributed by atoms with Crippen LogP contribution in [0, 0.1) is 0 Å². The van der Waals surface area contributed by atoms with E-state index in [1.165, 1.54) is 0 Å². The normalized spacial score (nSPS) is 15.5. The van der Waals surface area contributed by atoms with Gasteiger partial charge in [-0.2, -0.15) is 0 Å². The van der Waals surface area contributed by atoms with E-state index >= 15 is 9.13 Å². The number of fused-ring (bicyclic) bond motifs is 2. The Bertz CT molecular complexity index is 3880. The van der Waals surface area contributed by atoms with Gasteiger partial charge in [-0.3, -0.25) is 0 Å². The minimum absolute atomic E-state index is 0.706. The highest BCUT2D eigenvalue weighted by molar-refractivity contribution is 7.88. The molecule has 11 aromatic rings. The molecule has 11 aromatic carbocycles. The van der Waals surface area contributed by atoms with Gasteiger partial charge in [-0.1, -0.05) is 133 Å². The maximum Gasteiger partial charge on any atom is 0.183 e. The lowest BCUT2D eigenvalue weighted by molar-refractivity contribution is 0.590. The summed E-state index contributed by atoms with van der Waals surface area (Å²) in [4.78, 5) is 14.0. The van der Waals surface area contributed by atoms with Gasteiger partial charge < -0.3 is 38.5 Å². The van der Waals surface area contributed by atoms with Gasteiger partial charge in [-0.05, 0) is 121 Å². The summed E-state index contributed by atoms with van der Waals surface area (Å²) >= 11 is 0. The molecular formula is C66H42N6O2P2. The Balaban J connectivity index is 1.15. The maximum absolute atomic E-state index is 18.7. The molecule has 0 unspecified atom stereocenters. The van der Waals surface area contributed by atoms with Gasteiger partial charge in [0.15, 0.2) is 14.3 Å². The molecule has 0 bridgehead atoms. The third-order valence-electron chi connectivity index (χ3n) is 16.1. The summed E-state index contributed by atoms with van der Waals surface area (Å²) in [5, 5.41) is 4.50. The van der Waals surface area contributed by atoms with Crippen LogP contribution in [0.3, 0.4) is 0 Å². The Labute approximate surface area is 439 Å². The Hall–Kier alpha value is -9.32. The fraction of sp³-hybridized carbons (Fsp3) is 0. The van der Waals surface area contributed by atoms with Crippen LogP contribution in [0.25, 0.3) is 0 Å². The molecule has 0 saturated heterocycles. The van der Waals surface area contributed by atoms with E-state index in [1.807, 2.05) is 36.4 Å². The van der Waals surface area contributed by atoms with Crippen molar-refractivity contribution >= 4 is 148 Å². The summed E-state index contributed by atoms with van der Waals surface area (Å²) in [6, 6.07) is 88.5. The van der Waals surface area contributed by atoms with Crippen molar-refractivity contribution in [2.75, 3.05) is 29.4 Å². The molecule has 0 saturated carbocycles. The number of nitrogens with zero attached hydrogens (tertiary/aromatic N) is 6. The first kappa shape index (κ1) is 42.1. The molecule has 8 nitrogen and oxygen atoms in total. The van der Waals surface area contributed by atoms with Gasteiger partial charge in [0.2, 0.25) is 0 Å². The first-order valence-electron chi connectivity index (χ1n) is 25.7. The van der Waals surface area contributed by atoms with E-state index in [2.05, 4.69) is 248 Å². The van der Waals surface area contributed by atoms with Crippen molar-refractivity contribution in [2.45, 2.75) is 0 Å². The van der Waals surface area contributed by atoms with E-state index in [-0.39, 0.29) is 0 Å². The molecule has 0 aliphatic carbocycles. The third kappa shape index (κ3) is 5.10. The number of benzene rings is 11. The van der Waals surface area contributed by atoms with Gasteiger partial charge in [0.25, 0.3) is 0 Å². The van der Waals surface area contributed by atoms with Crippen LogP contribution in [0.2, 0.25) is 0 Å². The molecule has 76 heavy (non-hydrogen) atoms. The van der Waals surface area contributed by atoms with Crippen molar-refractivity contribution < 1.29 is 9.13 Å². The Morgan fingerprint density at radius 1 is 0.184 bits per heavy atom. The van der Waals surface area contributed by atoms with Crippen LogP contribution in [-0.2, 0) is 9.13 Å². The Morgan fingerprint density at radius 3 is 0.553 bits per heavy atom. The molecule has 0 N–H and O–H groups in total. The maximum atomic E-state index is 18.7. The summed E-state index contributed by atoms with van der Waals surface area (Å²) in [5.74, 6) is 0. The van der Waals surface area contributed by atoms with Gasteiger partial charge in [-0.15, -0.1) is 0 Å². The highest BCUT2D eigenvalue weighted by atomic mass is 31.2. The molecule has 358 valence electrons. The van der Waals surface area contributed by atoms with E-state index in [4.69, 9.17) is 0 Å². The third-order valence-corrected chi connectivity index (χ3v) is 22.6. The topological polar surface area (TPSA) is 53.6 Å². The molecule has 0 radical (unpaired) electrons. The van der Waals surface area contributed by atoms with Gasteiger partial charge in [-0.25, -0.2) is 0 Å². The smallest absolute Gasteiger partial charge is 0.183 e. The van der Waals surface area contributed by atoms with Crippen LogP contribution in [-0.4, -0.2) is 0 Å².